The maximum atomic E-state index is 12.4. The first-order chi connectivity index (χ1) is 10.3. The third-order valence-electron chi connectivity index (χ3n) is 3.58. The number of amides is 1. The molecule has 0 aromatic carbocycles. The summed E-state index contributed by atoms with van der Waals surface area (Å²) >= 11 is 0. The van der Waals surface area contributed by atoms with E-state index in [1.165, 1.54) is 18.9 Å². The maximum absolute atomic E-state index is 12.4. The van der Waals surface area contributed by atoms with E-state index >= 15 is 0 Å². The van der Waals surface area contributed by atoms with E-state index in [0.29, 0.717) is 44.0 Å². The molecule has 0 aliphatic carbocycles. The molecule has 0 atom stereocenters. The van der Waals surface area contributed by atoms with E-state index in [4.69, 9.17) is 9.15 Å². The molecule has 1 amide bonds. The largest absolute Gasteiger partial charge is 0.478 e. The minimum atomic E-state index is -0.0116. The highest BCUT2D eigenvalue weighted by Crippen LogP contribution is 2.22. The fourth-order valence-corrected chi connectivity index (χ4v) is 2.53. The van der Waals surface area contributed by atoms with Gasteiger partial charge in [-0.05, 0) is 19.4 Å². The molecule has 0 radical (unpaired) electrons. The monoisotopic (exact) mass is 287 g/mol. The van der Waals surface area contributed by atoms with Gasteiger partial charge in [-0.3, -0.25) is 4.79 Å². The van der Waals surface area contributed by atoms with E-state index in [9.17, 15) is 4.79 Å². The normalized spacial score (nSPS) is 14.4. The summed E-state index contributed by atoms with van der Waals surface area (Å²) < 4.78 is 10.5. The second-order valence-electron chi connectivity index (χ2n) is 4.84. The van der Waals surface area contributed by atoms with Crippen LogP contribution in [0.15, 0.2) is 29.3 Å². The molecule has 0 N–H and O–H groups in total. The van der Waals surface area contributed by atoms with E-state index in [1.54, 1.807) is 6.07 Å². The summed E-state index contributed by atoms with van der Waals surface area (Å²) in [6, 6.07) is 1.69. The van der Waals surface area contributed by atoms with Crippen LogP contribution in [0, 0.1) is 0 Å². The number of hydrogen-bond donors (Lipinski definition) is 0. The molecule has 2 aromatic rings. The van der Waals surface area contributed by atoms with Crippen LogP contribution in [-0.2, 0) is 12.8 Å². The zero-order valence-corrected chi connectivity index (χ0v) is 11.9. The molecule has 0 spiro atoms. The van der Waals surface area contributed by atoms with Crippen molar-refractivity contribution in [3.63, 3.8) is 0 Å². The van der Waals surface area contributed by atoms with Gasteiger partial charge in [-0.25, -0.2) is 9.97 Å². The Morgan fingerprint density at radius 3 is 3.00 bits per heavy atom. The molecule has 0 unspecified atom stereocenters. The van der Waals surface area contributed by atoms with Gasteiger partial charge in [-0.15, -0.1) is 0 Å². The third-order valence-corrected chi connectivity index (χ3v) is 3.58. The van der Waals surface area contributed by atoms with Gasteiger partial charge in [0.1, 0.15) is 12.6 Å². The standard InChI is InChI=1S/C15H17N3O3/c1-2-21-14-12-3-6-18(7-4-13(12)16-10-17-14)15(19)11-5-8-20-9-11/h5,8-10H,2-4,6-7H2,1H3. The van der Waals surface area contributed by atoms with Crippen molar-refractivity contribution in [2.45, 2.75) is 19.8 Å². The van der Waals surface area contributed by atoms with Gasteiger partial charge in [0, 0.05) is 25.1 Å². The molecule has 3 rings (SSSR count). The van der Waals surface area contributed by atoms with Gasteiger partial charge in [0.25, 0.3) is 5.91 Å². The van der Waals surface area contributed by atoms with Crippen molar-refractivity contribution in [2.75, 3.05) is 19.7 Å². The second kappa shape index (κ2) is 5.95. The van der Waals surface area contributed by atoms with Crippen LogP contribution in [0.25, 0.3) is 0 Å². The van der Waals surface area contributed by atoms with Gasteiger partial charge < -0.3 is 14.1 Å². The first-order valence-electron chi connectivity index (χ1n) is 7.06. The molecule has 0 fully saturated rings. The van der Waals surface area contributed by atoms with Crippen molar-refractivity contribution >= 4 is 5.91 Å². The molecule has 1 aliphatic heterocycles. The minimum Gasteiger partial charge on any atom is -0.478 e. The molecular formula is C15H17N3O3. The number of rotatable bonds is 3. The number of fused-ring (bicyclic) bond motifs is 1. The molecule has 0 bridgehead atoms. The topological polar surface area (TPSA) is 68.5 Å². The van der Waals surface area contributed by atoms with Gasteiger partial charge >= 0.3 is 0 Å². The fraction of sp³-hybridized carbons (Fsp3) is 0.400. The molecule has 3 heterocycles. The lowest BCUT2D eigenvalue weighted by molar-refractivity contribution is 0.0762. The van der Waals surface area contributed by atoms with Crippen LogP contribution in [0.3, 0.4) is 0 Å². The highest BCUT2D eigenvalue weighted by atomic mass is 16.5. The van der Waals surface area contributed by atoms with Crippen LogP contribution in [0.4, 0.5) is 0 Å². The van der Waals surface area contributed by atoms with Crippen molar-refractivity contribution in [1.82, 2.24) is 14.9 Å². The highest BCUT2D eigenvalue weighted by Gasteiger charge is 2.23. The number of carbonyl (C=O) groups excluding carboxylic acids is 1. The Bertz CT molecular complexity index is 625. The van der Waals surface area contributed by atoms with Crippen molar-refractivity contribution in [2.24, 2.45) is 0 Å². The predicted octanol–water partition coefficient (Wildman–Crippen LogP) is 1.71. The third kappa shape index (κ3) is 2.74. The molecule has 1 aliphatic rings. The van der Waals surface area contributed by atoms with Crippen LogP contribution < -0.4 is 4.74 Å². The Morgan fingerprint density at radius 2 is 2.24 bits per heavy atom. The first kappa shape index (κ1) is 13.6. The molecule has 21 heavy (non-hydrogen) atoms. The van der Waals surface area contributed by atoms with Crippen LogP contribution in [-0.4, -0.2) is 40.5 Å². The summed E-state index contributed by atoms with van der Waals surface area (Å²) in [7, 11) is 0. The van der Waals surface area contributed by atoms with Gasteiger partial charge in [-0.1, -0.05) is 0 Å². The number of nitrogens with zero attached hydrogens (tertiary/aromatic N) is 3. The summed E-state index contributed by atoms with van der Waals surface area (Å²) in [6.07, 6.45) is 5.93. The average Bonchev–Trinajstić information content (AvgIpc) is 2.94. The zero-order chi connectivity index (χ0) is 14.7. The number of carbonyl (C=O) groups is 1. The van der Waals surface area contributed by atoms with Crippen molar-refractivity contribution in [3.8, 4) is 5.88 Å². The number of furan rings is 1. The van der Waals surface area contributed by atoms with Crippen molar-refractivity contribution in [1.29, 1.82) is 0 Å². The zero-order valence-electron chi connectivity index (χ0n) is 11.9. The first-order valence-corrected chi connectivity index (χ1v) is 7.06. The number of ether oxygens (including phenoxy) is 1. The second-order valence-corrected chi connectivity index (χ2v) is 4.84. The van der Waals surface area contributed by atoms with Crippen LogP contribution in [0.5, 0.6) is 5.88 Å². The summed E-state index contributed by atoms with van der Waals surface area (Å²) in [5, 5.41) is 0. The number of aromatic nitrogens is 2. The van der Waals surface area contributed by atoms with Gasteiger partial charge in [-0.2, -0.15) is 0 Å². The Hall–Kier alpha value is -2.37. The van der Waals surface area contributed by atoms with Gasteiger partial charge in [0.05, 0.1) is 24.1 Å². The Balaban J connectivity index is 1.79. The van der Waals surface area contributed by atoms with E-state index in [2.05, 4.69) is 9.97 Å². The average molecular weight is 287 g/mol. The van der Waals surface area contributed by atoms with Crippen molar-refractivity contribution < 1.29 is 13.9 Å². The lowest BCUT2D eigenvalue weighted by Gasteiger charge is -2.19. The lowest BCUT2D eigenvalue weighted by Crippen LogP contribution is -2.33. The Labute approximate surface area is 122 Å². The quantitative estimate of drug-likeness (QED) is 0.859. The highest BCUT2D eigenvalue weighted by molar-refractivity contribution is 5.93. The van der Waals surface area contributed by atoms with Gasteiger partial charge in [0.15, 0.2) is 0 Å². The van der Waals surface area contributed by atoms with Crippen LogP contribution in [0.1, 0.15) is 28.5 Å². The summed E-state index contributed by atoms with van der Waals surface area (Å²) in [6.45, 7) is 3.77. The van der Waals surface area contributed by atoms with Gasteiger partial charge in [0.2, 0.25) is 5.88 Å². The van der Waals surface area contributed by atoms with Crippen molar-refractivity contribution in [3.05, 3.63) is 41.7 Å². The molecule has 2 aromatic heterocycles. The molecule has 6 nitrogen and oxygen atoms in total. The van der Waals surface area contributed by atoms with Crippen LogP contribution >= 0.6 is 0 Å². The molecule has 6 heteroatoms. The Kier molecular flexibility index (Phi) is 3.85. The van der Waals surface area contributed by atoms with E-state index in [0.717, 1.165) is 11.3 Å². The maximum Gasteiger partial charge on any atom is 0.257 e. The smallest absolute Gasteiger partial charge is 0.257 e. The number of hydrogen-bond acceptors (Lipinski definition) is 5. The SMILES string of the molecule is CCOc1ncnc2c1CCN(C(=O)c1ccoc1)CC2. The van der Waals surface area contributed by atoms with Crippen LogP contribution in [0.2, 0.25) is 0 Å². The van der Waals surface area contributed by atoms with E-state index in [-0.39, 0.29) is 5.91 Å². The predicted molar refractivity (Wildman–Crippen MR) is 75.2 cm³/mol. The Morgan fingerprint density at radius 1 is 1.38 bits per heavy atom. The summed E-state index contributed by atoms with van der Waals surface area (Å²) in [4.78, 5) is 22.7. The fourth-order valence-electron chi connectivity index (χ4n) is 2.53. The molecule has 0 saturated carbocycles. The molecule has 0 saturated heterocycles. The van der Waals surface area contributed by atoms with E-state index < -0.39 is 0 Å². The summed E-state index contributed by atoms with van der Waals surface area (Å²) in [5.74, 6) is 0.627. The lowest BCUT2D eigenvalue weighted by atomic mass is 10.1. The minimum absolute atomic E-state index is 0.0116. The molecule has 110 valence electrons. The summed E-state index contributed by atoms with van der Waals surface area (Å²) in [5.41, 5.74) is 2.56. The van der Waals surface area contributed by atoms with E-state index in [1.807, 2.05) is 11.8 Å². The molecular weight excluding hydrogens is 270 g/mol.